The second kappa shape index (κ2) is 9.71. The molecule has 0 atom stereocenters. The molecule has 29 heavy (non-hydrogen) atoms. The lowest BCUT2D eigenvalue weighted by Crippen LogP contribution is -2.16. The lowest BCUT2D eigenvalue weighted by molar-refractivity contribution is 0.102. The fraction of sp³-hybridized carbons (Fsp3) is 0.217. The minimum atomic E-state index is -0.225. The molecule has 6 nitrogen and oxygen atoms in total. The highest BCUT2D eigenvalue weighted by molar-refractivity contribution is 6.07. The molecule has 2 N–H and O–H groups in total. The Bertz CT molecular complexity index is 955. The van der Waals surface area contributed by atoms with Crippen LogP contribution in [0.1, 0.15) is 15.9 Å². The molecule has 0 radical (unpaired) electrons. The van der Waals surface area contributed by atoms with Gasteiger partial charge in [-0.05, 0) is 62.5 Å². The van der Waals surface area contributed by atoms with E-state index in [9.17, 15) is 4.79 Å². The second-order valence-corrected chi connectivity index (χ2v) is 6.93. The number of amides is 1. The molecule has 0 bridgehead atoms. The van der Waals surface area contributed by atoms with Crippen LogP contribution in [0.3, 0.4) is 0 Å². The van der Waals surface area contributed by atoms with Gasteiger partial charge in [0, 0.05) is 18.4 Å². The number of carbonyl (C=O) groups excluding carboxylic acids is 1. The number of hydrogen-bond donors (Lipinski definition) is 2. The maximum Gasteiger partial charge on any atom is 0.259 e. The summed E-state index contributed by atoms with van der Waals surface area (Å²) >= 11 is 0. The first-order valence-electron chi connectivity index (χ1n) is 9.47. The third-order valence-corrected chi connectivity index (χ3v) is 4.47. The highest BCUT2D eigenvalue weighted by atomic mass is 16.5. The van der Waals surface area contributed by atoms with E-state index in [2.05, 4.69) is 34.6 Å². The van der Waals surface area contributed by atoms with Crippen molar-refractivity contribution in [2.24, 2.45) is 0 Å². The van der Waals surface area contributed by atoms with Gasteiger partial charge in [-0.15, -0.1) is 0 Å². The summed E-state index contributed by atoms with van der Waals surface area (Å²) in [5, 5.41) is 6.14. The molecule has 1 heterocycles. The number of hydrogen-bond acceptors (Lipinski definition) is 5. The predicted molar refractivity (Wildman–Crippen MR) is 117 cm³/mol. The van der Waals surface area contributed by atoms with Crippen LogP contribution in [0.15, 0.2) is 66.9 Å². The number of ether oxygens (including phenoxy) is 1. The molecule has 1 amide bonds. The van der Waals surface area contributed by atoms with Crippen LogP contribution in [0, 0.1) is 0 Å². The van der Waals surface area contributed by atoms with Crippen LogP contribution in [0.5, 0.6) is 5.75 Å². The molecule has 6 heteroatoms. The second-order valence-electron chi connectivity index (χ2n) is 6.93. The molecule has 0 aliphatic rings. The maximum atomic E-state index is 12.9. The van der Waals surface area contributed by atoms with E-state index in [0.29, 0.717) is 17.1 Å². The van der Waals surface area contributed by atoms with Crippen LogP contribution in [-0.4, -0.2) is 43.5 Å². The minimum absolute atomic E-state index is 0.225. The molecule has 0 saturated heterocycles. The Kier molecular flexibility index (Phi) is 6.81. The van der Waals surface area contributed by atoms with Crippen molar-refractivity contribution >= 4 is 23.1 Å². The number of anilines is 3. The van der Waals surface area contributed by atoms with Gasteiger partial charge in [-0.3, -0.25) is 4.79 Å². The smallest absolute Gasteiger partial charge is 0.259 e. The summed E-state index contributed by atoms with van der Waals surface area (Å²) in [4.78, 5) is 19.3. The molecule has 0 aliphatic carbocycles. The highest BCUT2D eigenvalue weighted by Crippen LogP contribution is 2.27. The molecule has 2 aromatic carbocycles. The monoisotopic (exact) mass is 390 g/mol. The Morgan fingerprint density at radius 3 is 2.52 bits per heavy atom. The lowest BCUT2D eigenvalue weighted by Gasteiger charge is -2.14. The van der Waals surface area contributed by atoms with Crippen LogP contribution in [0.25, 0.3) is 0 Å². The van der Waals surface area contributed by atoms with Crippen molar-refractivity contribution in [2.45, 2.75) is 6.42 Å². The topological polar surface area (TPSA) is 66.5 Å². The first-order valence-corrected chi connectivity index (χ1v) is 9.47. The minimum Gasteiger partial charge on any atom is -0.495 e. The predicted octanol–water partition coefficient (Wildman–Crippen LogP) is 4.19. The number of pyridine rings is 1. The van der Waals surface area contributed by atoms with Gasteiger partial charge in [0.05, 0.1) is 18.4 Å². The van der Waals surface area contributed by atoms with Crippen molar-refractivity contribution in [3.8, 4) is 5.75 Å². The first-order chi connectivity index (χ1) is 14.1. The van der Waals surface area contributed by atoms with Crippen molar-refractivity contribution in [1.29, 1.82) is 0 Å². The van der Waals surface area contributed by atoms with E-state index in [1.165, 1.54) is 5.56 Å². The molecule has 150 valence electrons. The molecule has 0 unspecified atom stereocenters. The third-order valence-electron chi connectivity index (χ3n) is 4.47. The largest absolute Gasteiger partial charge is 0.495 e. The number of benzene rings is 2. The molecule has 1 aromatic heterocycles. The Morgan fingerprint density at radius 2 is 1.79 bits per heavy atom. The summed E-state index contributed by atoms with van der Waals surface area (Å²) < 4.78 is 5.37. The van der Waals surface area contributed by atoms with Crippen LogP contribution in [-0.2, 0) is 6.42 Å². The van der Waals surface area contributed by atoms with Crippen molar-refractivity contribution in [2.75, 3.05) is 38.4 Å². The molecule has 3 rings (SSSR count). The number of rotatable bonds is 8. The normalized spacial score (nSPS) is 10.6. The number of nitrogens with zero attached hydrogens (tertiary/aromatic N) is 2. The number of likely N-dealkylation sites (N-methyl/N-ethyl adjacent to an activating group) is 1. The Morgan fingerprint density at radius 1 is 1.03 bits per heavy atom. The van der Waals surface area contributed by atoms with Gasteiger partial charge in [-0.25, -0.2) is 4.98 Å². The maximum absolute atomic E-state index is 12.9. The van der Waals surface area contributed by atoms with Crippen molar-refractivity contribution < 1.29 is 9.53 Å². The first kappa shape index (κ1) is 20.4. The Hall–Kier alpha value is -3.38. The van der Waals surface area contributed by atoms with Crippen molar-refractivity contribution in [3.05, 3.63) is 78.0 Å². The lowest BCUT2D eigenvalue weighted by atomic mass is 10.1. The zero-order valence-electron chi connectivity index (χ0n) is 17.0. The Labute approximate surface area is 171 Å². The van der Waals surface area contributed by atoms with E-state index in [1.807, 2.05) is 48.5 Å². The molecular weight excluding hydrogens is 364 g/mol. The molecule has 0 aliphatic heterocycles. The Balaban J connectivity index is 1.73. The average Bonchev–Trinajstić information content (AvgIpc) is 2.74. The summed E-state index contributed by atoms with van der Waals surface area (Å²) in [6.45, 7) is 0.985. The van der Waals surface area contributed by atoms with Crippen LogP contribution in [0.2, 0.25) is 0 Å². The van der Waals surface area contributed by atoms with Gasteiger partial charge in [0.25, 0.3) is 5.91 Å². The standard InChI is InChI=1S/C23H26N4O2/c1-27(2)16-14-17-10-12-18(13-11-17)25-23(28)19-7-6-15-24-22(19)26-20-8-4-5-9-21(20)29-3/h4-13,15H,14,16H2,1-3H3,(H,24,26)(H,25,28). The molecule has 3 aromatic rings. The van der Waals surface area contributed by atoms with Gasteiger partial charge in [-0.2, -0.15) is 0 Å². The summed E-state index contributed by atoms with van der Waals surface area (Å²) in [7, 11) is 5.72. The molecule has 0 fully saturated rings. The quantitative estimate of drug-likeness (QED) is 0.604. The van der Waals surface area contributed by atoms with Gasteiger partial charge in [0.2, 0.25) is 0 Å². The van der Waals surface area contributed by atoms with E-state index >= 15 is 0 Å². The van der Waals surface area contributed by atoms with Gasteiger partial charge >= 0.3 is 0 Å². The summed E-state index contributed by atoms with van der Waals surface area (Å²) in [5.74, 6) is 0.923. The summed E-state index contributed by atoms with van der Waals surface area (Å²) in [6, 6.07) is 18.9. The van der Waals surface area contributed by atoms with Gasteiger partial charge < -0.3 is 20.3 Å². The SMILES string of the molecule is COc1ccccc1Nc1ncccc1C(=O)Nc1ccc(CCN(C)C)cc1. The van der Waals surface area contributed by atoms with E-state index in [0.717, 1.165) is 24.3 Å². The fourth-order valence-electron chi connectivity index (χ4n) is 2.87. The van der Waals surface area contributed by atoms with Crippen molar-refractivity contribution in [1.82, 2.24) is 9.88 Å². The molecular formula is C23H26N4O2. The van der Waals surface area contributed by atoms with Crippen molar-refractivity contribution in [3.63, 3.8) is 0 Å². The van der Waals surface area contributed by atoms with E-state index in [-0.39, 0.29) is 5.91 Å². The number of carbonyl (C=O) groups is 1. The van der Waals surface area contributed by atoms with E-state index < -0.39 is 0 Å². The zero-order valence-corrected chi connectivity index (χ0v) is 17.0. The van der Waals surface area contributed by atoms with Gasteiger partial charge in [0.15, 0.2) is 0 Å². The summed E-state index contributed by atoms with van der Waals surface area (Å²) in [5.41, 5.74) is 3.18. The van der Waals surface area contributed by atoms with Gasteiger partial charge in [0.1, 0.15) is 11.6 Å². The fourth-order valence-corrected chi connectivity index (χ4v) is 2.87. The van der Waals surface area contributed by atoms with Crippen LogP contribution < -0.4 is 15.4 Å². The average molecular weight is 390 g/mol. The third kappa shape index (κ3) is 5.56. The van der Waals surface area contributed by atoms with E-state index in [4.69, 9.17) is 4.74 Å². The highest BCUT2D eigenvalue weighted by Gasteiger charge is 2.14. The van der Waals surface area contributed by atoms with E-state index in [1.54, 1.807) is 25.4 Å². The molecule has 0 saturated carbocycles. The van der Waals surface area contributed by atoms with Gasteiger partial charge in [-0.1, -0.05) is 24.3 Å². The summed E-state index contributed by atoms with van der Waals surface area (Å²) in [6.07, 6.45) is 2.62. The van der Waals surface area contributed by atoms with Crippen LogP contribution in [0.4, 0.5) is 17.2 Å². The zero-order chi connectivity index (χ0) is 20.6. The number of methoxy groups -OCH3 is 1. The number of nitrogens with one attached hydrogen (secondary N) is 2. The number of aromatic nitrogens is 1. The molecule has 0 spiro atoms. The van der Waals surface area contributed by atoms with Crippen LogP contribution >= 0.6 is 0 Å². The number of para-hydroxylation sites is 2.